The van der Waals surface area contributed by atoms with Crippen molar-refractivity contribution in [2.45, 2.75) is 12.8 Å². The summed E-state index contributed by atoms with van der Waals surface area (Å²) in [4.78, 5) is 12.3. The van der Waals surface area contributed by atoms with Gasteiger partial charge in [0.15, 0.2) is 5.78 Å². The van der Waals surface area contributed by atoms with Crippen molar-refractivity contribution in [2.24, 2.45) is 0 Å². The molecule has 0 unspecified atom stereocenters. The molecule has 0 saturated heterocycles. The highest BCUT2D eigenvalue weighted by molar-refractivity contribution is 6.13. The number of ether oxygens (including phenoxy) is 1. The summed E-state index contributed by atoms with van der Waals surface area (Å²) in [5, 5.41) is 0. The SMILES string of the molecule is O=C1C2=C(CCC=C2)COc2ccccc21. The van der Waals surface area contributed by atoms with E-state index in [0.717, 1.165) is 24.0 Å². The van der Waals surface area contributed by atoms with Crippen molar-refractivity contribution in [1.82, 2.24) is 0 Å². The van der Waals surface area contributed by atoms with Gasteiger partial charge in [-0.25, -0.2) is 0 Å². The molecule has 1 aromatic rings. The van der Waals surface area contributed by atoms with Gasteiger partial charge in [0.2, 0.25) is 0 Å². The van der Waals surface area contributed by atoms with Crippen LogP contribution in [-0.4, -0.2) is 12.4 Å². The Morgan fingerprint density at radius 2 is 2.06 bits per heavy atom. The van der Waals surface area contributed by atoms with E-state index in [0.29, 0.717) is 17.9 Å². The molecule has 0 atom stereocenters. The number of para-hydroxylation sites is 1. The van der Waals surface area contributed by atoms with Crippen molar-refractivity contribution in [3.05, 3.63) is 53.1 Å². The molecular formula is C14H12O2. The predicted octanol–water partition coefficient (Wildman–Crippen LogP) is 2.91. The van der Waals surface area contributed by atoms with Gasteiger partial charge in [0.1, 0.15) is 12.4 Å². The number of hydrogen-bond acceptors (Lipinski definition) is 2. The van der Waals surface area contributed by atoms with Crippen LogP contribution in [0.1, 0.15) is 23.2 Å². The second-order valence-corrected chi connectivity index (χ2v) is 4.07. The Kier molecular flexibility index (Phi) is 2.13. The molecule has 0 bridgehead atoms. The van der Waals surface area contributed by atoms with E-state index >= 15 is 0 Å². The van der Waals surface area contributed by atoms with Gasteiger partial charge < -0.3 is 4.74 Å². The minimum absolute atomic E-state index is 0.0963. The molecule has 1 aliphatic heterocycles. The van der Waals surface area contributed by atoms with E-state index in [4.69, 9.17) is 4.74 Å². The van der Waals surface area contributed by atoms with Crippen molar-refractivity contribution < 1.29 is 9.53 Å². The second-order valence-electron chi connectivity index (χ2n) is 4.07. The molecular weight excluding hydrogens is 200 g/mol. The molecule has 1 heterocycles. The summed E-state index contributed by atoms with van der Waals surface area (Å²) in [7, 11) is 0. The first-order chi connectivity index (χ1) is 7.86. The third-order valence-electron chi connectivity index (χ3n) is 3.06. The first kappa shape index (κ1) is 9.40. The van der Waals surface area contributed by atoms with Crippen LogP contribution < -0.4 is 4.74 Å². The Morgan fingerprint density at radius 1 is 1.19 bits per heavy atom. The first-order valence-electron chi connectivity index (χ1n) is 5.51. The minimum Gasteiger partial charge on any atom is -0.488 e. The normalized spacial score (nSPS) is 18.6. The lowest BCUT2D eigenvalue weighted by atomic mass is 9.93. The molecule has 3 rings (SSSR count). The fourth-order valence-corrected chi connectivity index (χ4v) is 2.19. The molecule has 0 radical (unpaired) electrons. The molecule has 0 spiro atoms. The summed E-state index contributed by atoms with van der Waals surface area (Å²) in [6, 6.07) is 7.45. The second kappa shape index (κ2) is 3.63. The highest BCUT2D eigenvalue weighted by atomic mass is 16.5. The molecule has 0 saturated carbocycles. The van der Waals surface area contributed by atoms with Crippen LogP contribution >= 0.6 is 0 Å². The van der Waals surface area contributed by atoms with Crippen molar-refractivity contribution in [1.29, 1.82) is 0 Å². The molecule has 0 N–H and O–H groups in total. The van der Waals surface area contributed by atoms with Crippen molar-refractivity contribution in [3.63, 3.8) is 0 Å². The average molecular weight is 212 g/mol. The van der Waals surface area contributed by atoms with Gasteiger partial charge in [0.25, 0.3) is 0 Å². The van der Waals surface area contributed by atoms with Crippen LogP contribution in [0.5, 0.6) is 5.75 Å². The van der Waals surface area contributed by atoms with Gasteiger partial charge in [-0.1, -0.05) is 24.3 Å². The summed E-state index contributed by atoms with van der Waals surface area (Å²) in [6.07, 6.45) is 5.94. The summed E-state index contributed by atoms with van der Waals surface area (Å²) in [6.45, 7) is 0.544. The number of allylic oxidation sites excluding steroid dienone is 3. The lowest BCUT2D eigenvalue weighted by molar-refractivity contribution is 0.103. The van der Waals surface area contributed by atoms with Crippen molar-refractivity contribution in [3.8, 4) is 5.75 Å². The molecule has 0 fully saturated rings. The Hall–Kier alpha value is -1.83. The zero-order chi connectivity index (χ0) is 11.0. The molecule has 0 amide bonds. The Balaban J connectivity index is 2.13. The summed E-state index contributed by atoms with van der Waals surface area (Å²) >= 11 is 0. The smallest absolute Gasteiger partial charge is 0.196 e. The van der Waals surface area contributed by atoms with E-state index < -0.39 is 0 Å². The first-order valence-corrected chi connectivity index (χ1v) is 5.51. The number of fused-ring (bicyclic) bond motifs is 1. The minimum atomic E-state index is 0.0963. The van der Waals surface area contributed by atoms with E-state index in [-0.39, 0.29) is 5.78 Å². The van der Waals surface area contributed by atoms with Gasteiger partial charge in [-0.2, -0.15) is 0 Å². The van der Waals surface area contributed by atoms with E-state index in [9.17, 15) is 4.79 Å². The van der Waals surface area contributed by atoms with Crippen LogP contribution in [-0.2, 0) is 0 Å². The zero-order valence-electron chi connectivity index (χ0n) is 8.90. The van der Waals surface area contributed by atoms with Gasteiger partial charge in [-0.05, 0) is 30.5 Å². The number of Topliss-reactive ketones (excluding diaryl/α,β-unsaturated/α-hetero) is 1. The van der Waals surface area contributed by atoms with Gasteiger partial charge in [-0.3, -0.25) is 4.79 Å². The van der Waals surface area contributed by atoms with Gasteiger partial charge in [-0.15, -0.1) is 0 Å². The highest BCUT2D eigenvalue weighted by Crippen LogP contribution is 2.30. The van der Waals surface area contributed by atoms with Crippen LogP contribution in [0, 0.1) is 0 Å². The number of carbonyl (C=O) groups is 1. The summed E-state index contributed by atoms with van der Waals surface area (Å²) in [5.41, 5.74) is 2.64. The van der Waals surface area contributed by atoms with Crippen LogP contribution in [0.3, 0.4) is 0 Å². The lowest BCUT2D eigenvalue weighted by Gasteiger charge is -2.11. The van der Waals surface area contributed by atoms with Gasteiger partial charge in [0, 0.05) is 5.57 Å². The molecule has 2 heteroatoms. The molecule has 2 nitrogen and oxygen atoms in total. The maximum Gasteiger partial charge on any atom is 0.196 e. The van der Waals surface area contributed by atoms with Crippen molar-refractivity contribution >= 4 is 5.78 Å². The number of carbonyl (C=O) groups excluding carboxylic acids is 1. The molecule has 80 valence electrons. The van der Waals surface area contributed by atoms with E-state index in [1.54, 1.807) is 0 Å². The Morgan fingerprint density at radius 3 is 3.00 bits per heavy atom. The third kappa shape index (κ3) is 1.38. The Labute approximate surface area is 94.2 Å². The van der Waals surface area contributed by atoms with Crippen LogP contribution in [0.2, 0.25) is 0 Å². The topological polar surface area (TPSA) is 26.3 Å². The highest BCUT2D eigenvalue weighted by Gasteiger charge is 2.23. The maximum atomic E-state index is 12.3. The van der Waals surface area contributed by atoms with Gasteiger partial charge in [0.05, 0.1) is 5.56 Å². The largest absolute Gasteiger partial charge is 0.488 e. The molecule has 0 aromatic heterocycles. The number of rotatable bonds is 0. The molecule has 1 aromatic carbocycles. The van der Waals surface area contributed by atoms with Crippen LogP contribution in [0.15, 0.2) is 47.6 Å². The molecule has 1 aliphatic carbocycles. The van der Waals surface area contributed by atoms with Crippen molar-refractivity contribution in [2.75, 3.05) is 6.61 Å². The molecule has 16 heavy (non-hydrogen) atoms. The monoisotopic (exact) mass is 212 g/mol. The standard InChI is InChI=1S/C14H12O2/c15-14-11-6-2-1-5-10(11)9-16-13-8-4-3-7-12(13)14/h2-4,6-8H,1,5,9H2. The van der Waals surface area contributed by atoms with E-state index in [2.05, 4.69) is 6.08 Å². The van der Waals surface area contributed by atoms with Crippen LogP contribution in [0.25, 0.3) is 0 Å². The predicted molar refractivity (Wildman–Crippen MR) is 61.7 cm³/mol. The number of hydrogen-bond donors (Lipinski definition) is 0. The number of ketones is 1. The fraction of sp³-hybridized carbons (Fsp3) is 0.214. The average Bonchev–Trinajstić information content (AvgIpc) is 2.49. The quantitative estimate of drug-likeness (QED) is 0.661. The van der Waals surface area contributed by atoms with E-state index in [1.165, 1.54) is 0 Å². The molecule has 2 aliphatic rings. The Bertz CT molecular complexity index is 509. The lowest BCUT2D eigenvalue weighted by Crippen LogP contribution is -2.07. The van der Waals surface area contributed by atoms with E-state index in [1.807, 2.05) is 30.3 Å². The fourth-order valence-electron chi connectivity index (χ4n) is 2.19. The van der Waals surface area contributed by atoms with Crippen LogP contribution in [0.4, 0.5) is 0 Å². The van der Waals surface area contributed by atoms with Gasteiger partial charge >= 0.3 is 0 Å². The summed E-state index contributed by atoms with van der Waals surface area (Å²) < 4.78 is 5.68. The maximum absolute atomic E-state index is 12.3. The zero-order valence-corrected chi connectivity index (χ0v) is 8.90. The summed E-state index contributed by atoms with van der Waals surface area (Å²) in [5.74, 6) is 0.800. The number of benzene rings is 1. The third-order valence-corrected chi connectivity index (χ3v) is 3.06.